The van der Waals surface area contributed by atoms with E-state index in [1.165, 1.54) is 4.52 Å². The van der Waals surface area contributed by atoms with Crippen molar-refractivity contribution >= 4 is 23.4 Å². The summed E-state index contributed by atoms with van der Waals surface area (Å²) in [6.07, 6.45) is -0.930. The lowest BCUT2D eigenvalue weighted by molar-refractivity contribution is -0.173. The number of amides is 4. The molecule has 182 valence electrons. The number of pyridine rings is 1. The van der Waals surface area contributed by atoms with Crippen LogP contribution in [-0.2, 0) is 4.79 Å². The Bertz CT molecular complexity index is 1160. The van der Waals surface area contributed by atoms with Gasteiger partial charge in [0.05, 0.1) is 11.4 Å². The highest BCUT2D eigenvalue weighted by atomic mass is 19.4. The van der Waals surface area contributed by atoms with Gasteiger partial charge in [0.1, 0.15) is 17.7 Å². The number of nitrogens with zero attached hydrogens (tertiary/aromatic N) is 3. The molecule has 3 N–H and O–H groups in total. The number of aromatic nitrogens is 2. The van der Waals surface area contributed by atoms with E-state index in [0.29, 0.717) is 31.2 Å². The molecule has 3 aliphatic rings. The van der Waals surface area contributed by atoms with Crippen LogP contribution >= 0.6 is 0 Å². The van der Waals surface area contributed by atoms with Crippen LogP contribution in [0.2, 0.25) is 0 Å². The lowest BCUT2D eigenvalue weighted by Crippen LogP contribution is -2.60. The predicted octanol–water partition coefficient (Wildman–Crippen LogP) is 2.63. The van der Waals surface area contributed by atoms with E-state index in [4.69, 9.17) is 10.5 Å². The van der Waals surface area contributed by atoms with Gasteiger partial charge in [-0.15, -0.1) is 5.10 Å². The van der Waals surface area contributed by atoms with E-state index in [2.05, 4.69) is 10.4 Å². The molecule has 1 aliphatic heterocycles. The van der Waals surface area contributed by atoms with Gasteiger partial charge in [0.2, 0.25) is 5.88 Å². The molecule has 2 atom stereocenters. The Kier molecular flexibility index (Phi) is 5.03. The Labute approximate surface area is 192 Å². The van der Waals surface area contributed by atoms with Crippen molar-refractivity contribution in [2.24, 2.45) is 17.1 Å². The molecule has 2 aliphatic carbocycles. The summed E-state index contributed by atoms with van der Waals surface area (Å²) in [5.41, 5.74) is 6.19. The van der Waals surface area contributed by atoms with Crippen LogP contribution in [-0.4, -0.2) is 56.7 Å². The molecule has 1 spiro atoms. The third-order valence-corrected chi connectivity index (χ3v) is 7.26. The number of rotatable bonds is 6. The molecule has 1 saturated heterocycles. The Morgan fingerprint density at radius 1 is 1.29 bits per heavy atom. The van der Waals surface area contributed by atoms with Gasteiger partial charge in [-0.3, -0.25) is 14.5 Å². The number of nitrogens with one attached hydrogen (secondary N) is 1. The lowest BCUT2D eigenvalue weighted by Gasteiger charge is -2.58. The van der Waals surface area contributed by atoms with E-state index in [1.54, 1.807) is 24.4 Å². The van der Waals surface area contributed by atoms with Crippen molar-refractivity contribution in [2.75, 3.05) is 0 Å². The van der Waals surface area contributed by atoms with Crippen molar-refractivity contribution < 1.29 is 32.3 Å². The fourth-order valence-electron chi connectivity index (χ4n) is 5.44. The average Bonchev–Trinajstić information content (AvgIpc) is 3.19. The molecule has 2 aromatic rings. The topological polar surface area (TPSA) is 119 Å². The monoisotopic (exact) mass is 479 g/mol. The zero-order valence-electron chi connectivity index (χ0n) is 18.3. The highest BCUT2D eigenvalue weighted by Gasteiger charge is 2.59. The number of ether oxygens (including phenoxy) is 1. The molecule has 34 heavy (non-hydrogen) atoms. The SMILES string of the molecule is CC(CC1NC(=O)N(C2CC3(CC(Oc4nn5ccccc5c4C(N)=O)C3)C2)C1=O)C(F)(F)F. The maximum atomic E-state index is 12.9. The van der Waals surface area contributed by atoms with E-state index in [-0.39, 0.29) is 29.0 Å². The van der Waals surface area contributed by atoms with E-state index in [0.717, 1.165) is 11.8 Å². The van der Waals surface area contributed by atoms with Crippen LogP contribution in [0.15, 0.2) is 24.4 Å². The minimum absolute atomic E-state index is 0.0979. The minimum Gasteiger partial charge on any atom is -0.473 e. The zero-order chi connectivity index (χ0) is 24.4. The van der Waals surface area contributed by atoms with Gasteiger partial charge < -0.3 is 15.8 Å². The van der Waals surface area contributed by atoms with Gasteiger partial charge in [-0.05, 0) is 49.7 Å². The summed E-state index contributed by atoms with van der Waals surface area (Å²) in [6, 6.07) is 3.14. The third-order valence-electron chi connectivity index (χ3n) is 7.26. The molecule has 0 bridgehead atoms. The average molecular weight is 479 g/mol. The largest absolute Gasteiger partial charge is 0.473 e. The van der Waals surface area contributed by atoms with Crippen LogP contribution < -0.4 is 15.8 Å². The van der Waals surface area contributed by atoms with Gasteiger partial charge in [-0.1, -0.05) is 13.0 Å². The molecule has 2 unspecified atom stereocenters. The van der Waals surface area contributed by atoms with E-state index >= 15 is 0 Å². The highest BCUT2D eigenvalue weighted by molar-refractivity contribution is 6.04. The molecular weight excluding hydrogens is 455 g/mol. The van der Waals surface area contributed by atoms with Gasteiger partial charge >= 0.3 is 12.2 Å². The Hall–Kier alpha value is -3.31. The number of carbonyl (C=O) groups excluding carboxylic acids is 3. The summed E-state index contributed by atoms with van der Waals surface area (Å²) < 4.78 is 46.0. The molecule has 2 saturated carbocycles. The van der Waals surface area contributed by atoms with Crippen LogP contribution in [0.1, 0.15) is 49.4 Å². The van der Waals surface area contributed by atoms with Crippen molar-refractivity contribution in [3.05, 3.63) is 30.0 Å². The number of hydrogen-bond donors (Lipinski definition) is 2. The Morgan fingerprint density at radius 3 is 2.65 bits per heavy atom. The first-order chi connectivity index (χ1) is 16.0. The fraction of sp³-hybridized carbons (Fsp3) is 0.545. The van der Waals surface area contributed by atoms with Crippen LogP contribution in [0.3, 0.4) is 0 Å². The molecule has 0 radical (unpaired) electrons. The maximum Gasteiger partial charge on any atom is 0.391 e. The van der Waals surface area contributed by atoms with Crippen molar-refractivity contribution in [1.82, 2.24) is 19.8 Å². The minimum atomic E-state index is -4.42. The summed E-state index contributed by atoms with van der Waals surface area (Å²) in [5.74, 6) is -2.75. The highest BCUT2D eigenvalue weighted by Crippen LogP contribution is 2.58. The van der Waals surface area contributed by atoms with Crippen LogP contribution in [0.5, 0.6) is 5.88 Å². The zero-order valence-corrected chi connectivity index (χ0v) is 18.3. The lowest BCUT2D eigenvalue weighted by atomic mass is 9.52. The maximum absolute atomic E-state index is 12.9. The van der Waals surface area contributed by atoms with E-state index in [1.807, 2.05) is 0 Å². The summed E-state index contributed by atoms with van der Waals surface area (Å²) >= 11 is 0. The first kappa shape index (κ1) is 22.5. The summed E-state index contributed by atoms with van der Waals surface area (Å²) in [5, 5.41) is 6.70. The number of halogens is 3. The molecule has 12 heteroatoms. The molecular formula is C22H24F3N5O4. The summed E-state index contributed by atoms with van der Waals surface area (Å²) in [7, 11) is 0. The van der Waals surface area contributed by atoms with E-state index < -0.39 is 42.4 Å². The number of alkyl halides is 3. The van der Waals surface area contributed by atoms with Crippen LogP contribution in [0, 0.1) is 11.3 Å². The van der Waals surface area contributed by atoms with Crippen molar-refractivity contribution in [1.29, 1.82) is 0 Å². The van der Waals surface area contributed by atoms with Crippen molar-refractivity contribution in [3.63, 3.8) is 0 Å². The third kappa shape index (κ3) is 3.64. The van der Waals surface area contributed by atoms with Gasteiger partial charge in [0.25, 0.3) is 11.8 Å². The summed E-state index contributed by atoms with van der Waals surface area (Å²) in [6.45, 7) is 1.00. The quantitative estimate of drug-likeness (QED) is 0.618. The number of nitrogens with two attached hydrogens (primary N) is 1. The van der Waals surface area contributed by atoms with E-state index in [9.17, 15) is 27.6 Å². The molecule has 3 heterocycles. The Morgan fingerprint density at radius 2 is 2.00 bits per heavy atom. The second-order valence-corrected chi connectivity index (χ2v) is 9.67. The molecule has 2 aromatic heterocycles. The number of imide groups is 1. The van der Waals surface area contributed by atoms with Gasteiger partial charge in [0, 0.05) is 12.2 Å². The first-order valence-corrected chi connectivity index (χ1v) is 11.1. The smallest absolute Gasteiger partial charge is 0.391 e. The number of hydrogen-bond acceptors (Lipinski definition) is 5. The standard InChI is InChI=1S/C22H24F3N5O4/c1-11(22(23,24)25)6-14-19(32)30(20(33)27-14)12-7-21(8-12)9-13(10-21)34-18-16(17(26)31)15-4-2-3-5-29(15)28-18/h2-5,11-14H,6-10H2,1H3,(H2,26,31)(H,27,33). The Balaban J connectivity index is 1.18. The number of carbonyl (C=O) groups is 3. The fourth-order valence-corrected chi connectivity index (χ4v) is 5.44. The number of fused-ring (bicyclic) bond motifs is 1. The van der Waals surface area contributed by atoms with Crippen LogP contribution in [0.25, 0.3) is 5.52 Å². The molecule has 5 rings (SSSR count). The van der Waals surface area contributed by atoms with Crippen molar-refractivity contribution in [3.8, 4) is 5.88 Å². The molecule has 9 nitrogen and oxygen atoms in total. The van der Waals surface area contributed by atoms with Gasteiger partial charge in [-0.2, -0.15) is 13.2 Å². The van der Waals surface area contributed by atoms with Crippen molar-refractivity contribution in [2.45, 2.75) is 63.4 Å². The molecule has 3 fully saturated rings. The van der Waals surface area contributed by atoms with Gasteiger partial charge in [-0.25, -0.2) is 9.31 Å². The normalized spacial score (nSPS) is 29.6. The number of primary amides is 1. The molecule has 4 amide bonds. The number of urea groups is 1. The van der Waals surface area contributed by atoms with Gasteiger partial charge in [0.15, 0.2) is 0 Å². The molecule has 0 aromatic carbocycles. The van der Waals surface area contributed by atoms with Crippen LogP contribution in [0.4, 0.5) is 18.0 Å². The predicted molar refractivity (Wildman–Crippen MR) is 112 cm³/mol. The summed E-state index contributed by atoms with van der Waals surface area (Å²) in [4.78, 5) is 37.9. The second-order valence-electron chi connectivity index (χ2n) is 9.67. The first-order valence-electron chi connectivity index (χ1n) is 11.1. The second kappa shape index (κ2) is 7.60.